The number of hydrogen-bond acceptors (Lipinski definition) is 2. The van der Waals surface area contributed by atoms with Crippen LogP contribution in [0, 0.1) is 0 Å². The predicted molar refractivity (Wildman–Crippen MR) is 75.7 cm³/mol. The zero-order valence-corrected chi connectivity index (χ0v) is 12.0. The molecule has 6 heteroatoms. The van der Waals surface area contributed by atoms with Gasteiger partial charge in [0, 0.05) is 13.1 Å². The number of rotatable bonds is 6. The van der Waals surface area contributed by atoms with Crippen molar-refractivity contribution in [3.63, 3.8) is 0 Å². The lowest BCUT2D eigenvalue weighted by atomic mass is 10.1. The first kappa shape index (κ1) is 14.3. The van der Waals surface area contributed by atoms with Crippen LogP contribution in [-0.4, -0.2) is 87.2 Å². The maximum absolute atomic E-state index is 12.0. The first-order valence-electron chi connectivity index (χ1n) is 7.23. The number of carbonyl (C=O) groups excluding carboxylic acids is 1. The van der Waals surface area contributed by atoms with Crippen LogP contribution in [0.2, 0.25) is 0 Å². The highest BCUT2D eigenvalue weighted by Gasteiger charge is 2.47. The predicted octanol–water partition coefficient (Wildman–Crippen LogP) is -1.23. The highest BCUT2D eigenvalue weighted by atomic mass is 16.2. The molecule has 3 aliphatic heterocycles. The van der Waals surface area contributed by atoms with Gasteiger partial charge < -0.3 is 20.0 Å². The molecular formula is C13H27N5O+2. The summed E-state index contributed by atoms with van der Waals surface area (Å²) < 4.78 is 2.21. The van der Waals surface area contributed by atoms with Crippen LogP contribution in [0.3, 0.4) is 0 Å². The summed E-state index contributed by atoms with van der Waals surface area (Å²) in [5.41, 5.74) is 5.16. The Bertz CT molecular complexity index is 330. The molecule has 19 heavy (non-hydrogen) atoms. The molecule has 0 saturated carbocycles. The van der Waals surface area contributed by atoms with E-state index in [0.717, 1.165) is 30.5 Å². The minimum absolute atomic E-state index is 0.190. The van der Waals surface area contributed by atoms with Crippen molar-refractivity contribution in [2.45, 2.75) is 6.42 Å². The monoisotopic (exact) mass is 269 g/mol. The molecule has 3 heterocycles. The van der Waals surface area contributed by atoms with Crippen LogP contribution in [0.4, 0.5) is 0 Å². The van der Waals surface area contributed by atoms with Gasteiger partial charge in [-0.05, 0) is 6.42 Å². The summed E-state index contributed by atoms with van der Waals surface area (Å²) >= 11 is 0. The van der Waals surface area contributed by atoms with Crippen molar-refractivity contribution in [3.8, 4) is 0 Å². The third-order valence-electron chi connectivity index (χ3n) is 4.71. The Morgan fingerprint density at radius 1 is 1.26 bits per heavy atom. The van der Waals surface area contributed by atoms with Crippen molar-refractivity contribution in [2.75, 3.05) is 66.0 Å². The van der Waals surface area contributed by atoms with E-state index in [1.807, 2.05) is 0 Å². The molecule has 2 bridgehead atoms. The highest BCUT2D eigenvalue weighted by molar-refractivity contribution is 5.77. The van der Waals surface area contributed by atoms with E-state index in [1.165, 1.54) is 30.5 Å². The van der Waals surface area contributed by atoms with Gasteiger partial charge in [-0.15, -0.1) is 0 Å². The third-order valence-corrected chi connectivity index (χ3v) is 4.71. The topological polar surface area (TPSA) is 67.5 Å². The molecule has 0 atom stereocenters. The van der Waals surface area contributed by atoms with Gasteiger partial charge in [0.15, 0.2) is 6.54 Å². The molecule has 3 saturated heterocycles. The normalized spacial score (nSPS) is 33.7. The maximum Gasteiger partial charge on any atom is 0.275 e. The van der Waals surface area contributed by atoms with Crippen LogP contribution in [0.1, 0.15) is 6.42 Å². The first-order valence-corrected chi connectivity index (χ1v) is 7.23. The average Bonchev–Trinajstić information content (AvgIpc) is 2.40. The molecule has 0 spiro atoms. The Morgan fingerprint density at radius 2 is 1.89 bits per heavy atom. The Kier molecular flexibility index (Phi) is 4.42. The number of likely N-dealkylation sites (N-methyl/N-ethyl adjacent to an activating group) is 1. The second kappa shape index (κ2) is 5.88. The molecule has 0 aromatic heterocycles. The zero-order valence-electron chi connectivity index (χ0n) is 12.0. The smallest absolute Gasteiger partial charge is 0.275 e. The van der Waals surface area contributed by atoms with Gasteiger partial charge in [0.2, 0.25) is 0 Å². The standard InChI is InChI=1S/C13H26N5O/c1-17-5-8-18(9-6-17,10-7-17)11-13(19)16-4-2-3-15-12-14/h12H,2-11H2,1H3,(H2-,14,15,16,19)/q+1/p+1. The van der Waals surface area contributed by atoms with Crippen LogP contribution in [0.15, 0.2) is 4.99 Å². The van der Waals surface area contributed by atoms with Crippen molar-refractivity contribution < 1.29 is 13.8 Å². The minimum Gasteiger partial charge on any atom is -0.390 e. The minimum atomic E-state index is 0.190. The van der Waals surface area contributed by atoms with Gasteiger partial charge in [-0.25, -0.2) is 0 Å². The fraction of sp³-hybridized carbons (Fsp3) is 0.846. The van der Waals surface area contributed by atoms with E-state index in [2.05, 4.69) is 17.4 Å². The molecule has 0 radical (unpaired) electrons. The Labute approximate surface area is 115 Å². The van der Waals surface area contributed by atoms with Gasteiger partial charge in [0.25, 0.3) is 5.91 Å². The number of nitrogens with two attached hydrogens (primary N) is 1. The summed E-state index contributed by atoms with van der Waals surface area (Å²) in [7, 11) is 2.34. The fourth-order valence-electron chi connectivity index (χ4n) is 3.10. The second-order valence-electron chi connectivity index (χ2n) is 6.22. The Balaban J connectivity index is 1.70. The Hall–Kier alpha value is -1.14. The van der Waals surface area contributed by atoms with E-state index in [-0.39, 0.29) is 5.91 Å². The molecule has 3 rings (SSSR count). The molecule has 108 valence electrons. The number of fused-ring (bicyclic) bond motifs is 3. The van der Waals surface area contributed by atoms with Crippen molar-refractivity contribution in [3.05, 3.63) is 0 Å². The summed E-state index contributed by atoms with van der Waals surface area (Å²) in [5, 5.41) is 3.00. The number of quaternary nitrogens is 2. The van der Waals surface area contributed by atoms with Gasteiger partial charge in [0.05, 0.1) is 13.4 Å². The quantitative estimate of drug-likeness (QED) is 0.274. The van der Waals surface area contributed by atoms with E-state index >= 15 is 0 Å². The SMILES string of the molecule is C[N+]12CC[N+](CC(=O)NCCCN=CN)(CC1)CC2. The van der Waals surface area contributed by atoms with Gasteiger partial charge in [-0.2, -0.15) is 0 Å². The first-order chi connectivity index (χ1) is 9.08. The van der Waals surface area contributed by atoms with Crippen LogP contribution in [-0.2, 0) is 4.79 Å². The summed E-state index contributed by atoms with van der Waals surface area (Å²) in [6.07, 6.45) is 2.17. The Morgan fingerprint density at radius 3 is 2.47 bits per heavy atom. The van der Waals surface area contributed by atoms with Crippen molar-refractivity contribution in [1.29, 1.82) is 0 Å². The lowest BCUT2D eigenvalue weighted by molar-refractivity contribution is -1.07. The summed E-state index contributed by atoms with van der Waals surface area (Å²) in [4.78, 5) is 15.9. The second-order valence-corrected chi connectivity index (χ2v) is 6.22. The van der Waals surface area contributed by atoms with Crippen LogP contribution < -0.4 is 11.1 Å². The van der Waals surface area contributed by atoms with E-state index in [1.54, 1.807) is 0 Å². The highest BCUT2D eigenvalue weighted by Crippen LogP contribution is 2.24. The largest absolute Gasteiger partial charge is 0.390 e. The third kappa shape index (κ3) is 3.67. The fourth-order valence-corrected chi connectivity index (χ4v) is 3.10. The van der Waals surface area contributed by atoms with Crippen molar-refractivity contribution in [1.82, 2.24) is 5.32 Å². The molecule has 1 amide bonds. The summed E-state index contributed by atoms with van der Waals surface area (Å²) in [5.74, 6) is 0.190. The maximum atomic E-state index is 12.0. The molecule has 0 aromatic rings. The summed E-state index contributed by atoms with van der Waals surface area (Å²) in [6.45, 7) is 9.16. The van der Waals surface area contributed by atoms with E-state index < -0.39 is 0 Å². The average molecular weight is 269 g/mol. The van der Waals surface area contributed by atoms with Crippen LogP contribution in [0.25, 0.3) is 0 Å². The number of aliphatic imine (C=N–C) groups is 1. The van der Waals surface area contributed by atoms with Gasteiger partial charge in [-0.1, -0.05) is 0 Å². The van der Waals surface area contributed by atoms with Gasteiger partial charge >= 0.3 is 0 Å². The number of carbonyl (C=O) groups is 1. The van der Waals surface area contributed by atoms with E-state index in [4.69, 9.17) is 5.73 Å². The number of nitrogens with zero attached hydrogens (tertiary/aromatic N) is 3. The van der Waals surface area contributed by atoms with Gasteiger partial charge in [0.1, 0.15) is 39.3 Å². The molecule has 0 aliphatic carbocycles. The van der Waals surface area contributed by atoms with Gasteiger partial charge in [-0.3, -0.25) is 9.79 Å². The van der Waals surface area contributed by atoms with Crippen molar-refractivity contribution >= 4 is 12.2 Å². The molecule has 3 fully saturated rings. The number of piperazine rings is 3. The van der Waals surface area contributed by atoms with Crippen LogP contribution in [0.5, 0.6) is 0 Å². The molecule has 6 nitrogen and oxygen atoms in total. The lowest BCUT2D eigenvalue weighted by Crippen LogP contribution is -2.74. The molecule has 3 aliphatic rings. The zero-order chi connectivity index (χ0) is 13.8. The summed E-state index contributed by atoms with van der Waals surface area (Å²) in [6, 6.07) is 0. The van der Waals surface area contributed by atoms with E-state index in [9.17, 15) is 4.79 Å². The van der Waals surface area contributed by atoms with Crippen molar-refractivity contribution in [2.24, 2.45) is 10.7 Å². The number of amides is 1. The molecule has 0 aromatic carbocycles. The molecule has 3 N–H and O–H groups in total. The van der Waals surface area contributed by atoms with E-state index in [0.29, 0.717) is 19.6 Å². The molecule has 0 unspecified atom stereocenters. The van der Waals surface area contributed by atoms with Crippen LogP contribution >= 0.6 is 0 Å². The number of nitrogens with one attached hydrogen (secondary N) is 1. The lowest BCUT2D eigenvalue weighted by Gasteiger charge is -2.53. The molecular weight excluding hydrogens is 242 g/mol. The number of hydrogen-bond donors (Lipinski definition) is 2.